The number of nitrogens with one attached hydrogen (secondary N) is 1. The Morgan fingerprint density at radius 2 is 2.25 bits per heavy atom. The third-order valence-electron chi connectivity index (χ3n) is 4.06. The zero-order chi connectivity index (χ0) is 14.5. The molecular formula is C15H27ClN4. The monoisotopic (exact) mass is 298 g/mol. The average Bonchev–Trinajstić information content (AvgIpc) is 3.02. The smallest absolute Gasteiger partial charge is 0.0863 e. The molecule has 1 saturated heterocycles. The van der Waals surface area contributed by atoms with Crippen molar-refractivity contribution in [2.75, 3.05) is 19.6 Å². The van der Waals surface area contributed by atoms with Gasteiger partial charge in [-0.1, -0.05) is 25.4 Å². The first-order valence-electron chi connectivity index (χ1n) is 7.81. The molecule has 5 heteroatoms. The van der Waals surface area contributed by atoms with Crippen LogP contribution in [-0.4, -0.2) is 40.4 Å². The molecule has 1 aliphatic heterocycles. The summed E-state index contributed by atoms with van der Waals surface area (Å²) in [5, 5.41) is 8.95. The van der Waals surface area contributed by atoms with Crippen LogP contribution < -0.4 is 5.32 Å². The van der Waals surface area contributed by atoms with Crippen molar-refractivity contribution >= 4 is 11.6 Å². The summed E-state index contributed by atoms with van der Waals surface area (Å²) < 4.78 is 1.95. The minimum absolute atomic E-state index is 0.638. The number of aryl methyl sites for hydroxylation is 2. The van der Waals surface area contributed by atoms with Crippen LogP contribution in [-0.2, 0) is 20.0 Å². The van der Waals surface area contributed by atoms with E-state index >= 15 is 0 Å². The first-order valence-corrected chi connectivity index (χ1v) is 8.19. The van der Waals surface area contributed by atoms with Crippen LogP contribution in [0, 0.1) is 0 Å². The molecule has 4 nitrogen and oxygen atoms in total. The van der Waals surface area contributed by atoms with Gasteiger partial charge in [0.2, 0.25) is 0 Å². The molecule has 0 aliphatic carbocycles. The van der Waals surface area contributed by atoms with E-state index in [4.69, 9.17) is 11.6 Å². The zero-order valence-corrected chi connectivity index (χ0v) is 13.7. The Kier molecular flexibility index (Phi) is 5.87. The van der Waals surface area contributed by atoms with Crippen molar-refractivity contribution in [1.82, 2.24) is 20.0 Å². The minimum Gasteiger partial charge on any atom is -0.313 e. The summed E-state index contributed by atoms with van der Waals surface area (Å²) in [5.74, 6) is 0. The van der Waals surface area contributed by atoms with E-state index in [1.165, 1.54) is 19.3 Å². The molecule has 2 rings (SSSR count). The van der Waals surface area contributed by atoms with Gasteiger partial charge in [0, 0.05) is 26.2 Å². The number of aromatic nitrogens is 2. The molecule has 1 aromatic heterocycles. The Morgan fingerprint density at radius 1 is 1.45 bits per heavy atom. The third kappa shape index (κ3) is 3.74. The summed E-state index contributed by atoms with van der Waals surface area (Å²) >= 11 is 6.47. The van der Waals surface area contributed by atoms with Crippen molar-refractivity contribution in [3.8, 4) is 0 Å². The highest BCUT2D eigenvalue weighted by molar-refractivity contribution is 6.31. The van der Waals surface area contributed by atoms with Gasteiger partial charge in [-0.2, -0.15) is 5.10 Å². The molecule has 0 bridgehead atoms. The fourth-order valence-electron chi connectivity index (χ4n) is 2.98. The van der Waals surface area contributed by atoms with Gasteiger partial charge in [0.05, 0.1) is 16.4 Å². The van der Waals surface area contributed by atoms with Crippen LogP contribution in [0.4, 0.5) is 0 Å². The van der Waals surface area contributed by atoms with Crippen molar-refractivity contribution in [3.63, 3.8) is 0 Å². The highest BCUT2D eigenvalue weighted by Gasteiger charge is 2.20. The van der Waals surface area contributed by atoms with E-state index in [-0.39, 0.29) is 0 Å². The second kappa shape index (κ2) is 7.43. The Bertz CT molecular complexity index is 424. The summed E-state index contributed by atoms with van der Waals surface area (Å²) in [4.78, 5) is 2.51. The minimum atomic E-state index is 0.638. The lowest BCUT2D eigenvalue weighted by Gasteiger charge is -2.25. The number of hydrogen-bond acceptors (Lipinski definition) is 3. The highest BCUT2D eigenvalue weighted by atomic mass is 35.5. The molecule has 1 aromatic rings. The summed E-state index contributed by atoms with van der Waals surface area (Å²) in [7, 11) is 2.00. The van der Waals surface area contributed by atoms with E-state index in [0.717, 1.165) is 49.0 Å². The largest absolute Gasteiger partial charge is 0.313 e. The van der Waals surface area contributed by atoms with Crippen LogP contribution in [0.3, 0.4) is 0 Å². The molecule has 0 amide bonds. The van der Waals surface area contributed by atoms with E-state index in [0.29, 0.717) is 6.04 Å². The Labute approximate surface area is 127 Å². The van der Waals surface area contributed by atoms with Crippen LogP contribution in [0.2, 0.25) is 5.02 Å². The van der Waals surface area contributed by atoms with Gasteiger partial charge >= 0.3 is 0 Å². The van der Waals surface area contributed by atoms with E-state index in [9.17, 15) is 0 Å². The van der Waals surface area contributed by atoms with Gasteiger partial charge < -0.3 is 5.32 Å². The predicted octanol–water partition coefficient (Wildman–Crippen LogP) is 2.60. The lowest BCUT2D eigenvalue weighted by Crippen LogP contribution is -2.38. The Morgan fingerprint density at radius 3 is 2.80 bits per heavy atom. The van der Waals surface area contributed by atoms with E-state index in [1.807, 2.05) is 11.7 Å². The topological polar surface area (TPSA) is 33.1 Å². The van der Waals surface area contributed by atoms with Crippen molar-refractivity contribution in [2.45, 2.75) is 52.1 Å². The second-order valence-electron chi connectivity index (χ2n) is 5.71. The van der Waals surface area contributed by atoms with Gasteiger partial charge in [-0.3, -0.25) is 9.58 Å². The lowest BCUT2D eigenvalue weighted by molar-refractivity contribution is 0.236. The van der Waals surface area contributed by atoms with Crippen LogP contribution >= 0.6 is 11.6 Å². The van der Waals surface area contributed by atoms with Gasteiger partial charge in [0.15, 0.2) is 0 Å². The van der Waals surface area contributed by atoms with E-state index in [1.54, 1.807) is 0 Å². The molecule has 1 unspecified atom stereocenters. The predicted molar refractivity (Wildman–Crippen MR) is 84.2 cm³/mol. The maximum absolute atomic E-state index is 6.47. The van der Waals surface area contributed by atoms with Crippen LogP contribution in [0.15, 0.2) is 0 Å². The SMILES string of the molecule is CCCN(Cc1c(Cl)c(CC)nn1C)CC1CCCN1. The zero-order valence-electron chi connectivity index (χ0n) is 13.0. The van der Waals surface area contributed by atoms with Crippen molar-refractivity contribution in [1.29, 1.82) is 0 Å². The molecule has 1 fully saturated rings. The highest BCUT2D eigenvalue weighted by Crippen LogP contribution is 2.22. The number of nitrogens with zero attached hydrogens (tertiary/aromatic N) is 3. The number of rotatable bonds is 7. The van der Waals surface area contributed by atoms with Crippen molar-refractivity contribution in [3.05, 3.63) is 16.4 Å². The molecule has 0 radical (unpaired) electrons. The average molecular weight is 299 g/mol. The maximum Gasteiger partial charge on any atom is 0.0863 e. The quantitative estimate of drug-likeness (QED) is 0.840. The molecule has 0 aromatic carbocycles. The molecule has 0 spiro atoms. The molecule has 114 valence electrons. The molecule has 1 atom stereocenters. The van der Waals surface area contributed by atoms with Gasteiger partial charge in [0.1, 0.15) is 0 Å². The van der Waals surface area contributed by atoms with E-state index < -0.39 is 0 Å². The molecule has 1 aliphatic rings. The summed E-state index contributed by atoms with van der Waals surface area (Å²) in [6.07, 6.45) is 4.66. The molecular weight excluding hydrogens is 272 g/mol. The summed E-state index contributed by atoms with van der Waals surface area (Å²) in [6, 6.07) is 0.638. The fraction of sp³-hybridized carbons (Fsp3) is 0.800. The normalized spacial score (nSPS) is 19.1. The second-order valence-corrected chi connectivity index (χ2v) is 6.09. The number of hydrogen-bond donors (Lipinski definition) is 1. The van der Waals surface area contributed by atoms with Crippen LogP contribution in [0.25, 0.3) is 0 Å². The first-order chi connectivity index (χ1) is 9.65. The first kappa shape index (κ1) is 15.8. The summed E-state index contributed by atoms with van der Waals surface area (Å²) in [5.41, 5.74) is 2.16. The Hall–Kier alpha value is -0.580. The van der Waals surface area contributed by atoms with Gasteiger partial charge in [-0.25, -0.2) is 0 Å². The number of halogens is 1. The van der Waals surface area contributed by atoms with E-state index in [2.05, 4.69) is 29.2 Å². The molecule has 1 N–H and O–H groups in total. The van der Waals surface area contributed by atoms with Crippen molar-refractivity contribution < 1.29 is 0 Å². The third-order valence-corrected chi connectivity index (χ3v) is 4.49. The van der Waals surface area contributed by atoms with Gasteiger partial charge in [-0.05, 0) is 38.8 Å². The van der Waals surface area contributed by atoms with Gasteiger partial charge in [-0.15, -0.1) is 0 Å². The van der Waals surface area contributed by atoms with Gasteiger partial charge in [0.25, 0.3) is 0 Å². The van der Waals surface area contributed by atoms with Crippen molar-refractivity contribution in [2.24, 2.45) is 7.05 Å². The summed E-state index contributed by atoms with van der Waals surface area (Å²) in [6.45, 7) is 8.62. The van der Waals surface area contributed by atoms with Crippen LogP contribution in [0.5, 0.6) is 0 Å². The molecule has 0 saturated carbocycles. The van der Waals surface area contributed by atoms with Crippen LogP contribution in [0.1, 0.15) is 44.5 Å². The Balaban J connectivity index is 2.04. The fourth-order valence-corrected chi connectivity index (χ4v) is 3.33. The molecule has 20 heavy (non-hydrogen) atoms. The standard InChI is InChI=1S/C15H27ClN4/c1-4-9-20(10-12-7-6-8-17-12)11-14-15(16)13(5-2)18-19(14)3/h12,17H,4-11H2,1-3H3. The maximum atomic E-state index is 6.47. The molecule has 2 heterocycles. The lowest BCUT2D eigenvalue weighted by atomic mass is 10.2.